The van der Waals surface area contributed by atoms with Gasteiger partial charge in [0.1, 0.15) is 0 Å². The molecule has 0 aromatic heterocycles. The van der Waals surface area contributed by atoms with Crippen LogP contribution in [0.3, 0.4) is 0 Å². The highest BCUT2D eigenvalue weighted by molar-refractivity contribution is 5.97. The van der Waals surface area contributed by atoms with E-state index in [-0.39, 0.29) is 28.2 Å². The van der Waals surface area contributed by atoms with Gasteiger partial charge in [0.25, 0.3) is 0 Å². The van der Waals surface area contributed by atoms with E-state index >= 15 is 0 Å². The zero-order valence-electron chi connectivity index (χ0n) is 22.7. The first kappa shape index (κ1) is 7.35. The van der Waals surface area contributed by atoms with E-state index in [9.17, 15) is 4.79 Å². The topological polar surface area (TPSA) is 20.3 Å². The summed E-state index contributed by atoms with van der Waals surface area (Å²) in [4.78, 5) is 13.9. The molecule has 0 aliphatic carbocycles. The van der Waals surface area contributed by atoms with E-state index in [4.69, 9.17) is 13.7 Å². The third-order valence-electron chi connectivity index (χ3n) is 3.88. The Labute approximate surface area is 156 Å². The molecular weight excluding hydrogens is 294 g/mol. The summed E-state index contributed by atoms with van der Waals surface area (Å²) in [5, 5.41) is 0. The number of rotatable bonds is 3. The molecule has 1 amide bonds. The minimum atomic E-state index is -0.546. The molecule has 118 valence electrons. The van der Waals surface area contributed by atoms with Gasteiger partial charge in [-0.3, -0.25) is 4.79 Å². The van der Waals surface area contributed by atoms with Gasteiger partial charge in [0.15, 0.2) is 0 Å². The van der Waals surface area contributed by atoms with Gasteiger partial charge in [-0.15, -0.1) is 0 Å². The Morgan fingerprint density at radius 1 is 0.750 bits per heavy atom. The van der Waals surface area contributed by atoms with E-state index in [0.717, 1.165) is 0 Å². The lowest BCUT2D eigenvalue weighted by Gasteiger charge is -2.19. The van der Waals surface area contributed by atoms with Crippen LogP contribution >= 0.6 is 0 Å². The fourth-order valence-corrected chi connectivity index (χ4v) is 2.77. The van der Waals surface area contributed by atoms with Crippen LogP contribution in [0, 0.1) is 0 Å². The van der Waals surface area contributed by atoms with Crippen molar-refractivity contribution in [3.63, 3.8) is 0 Å². The molecule has 1 fully saturated rings. The summed E-state index contributed by atoms with van der Waals surface area (Å²) in [6.45, 7) is 0.406. The van der Waals surface area contributed by atoms with E-state index in [1.807, 2.05) is 0 Å². The van der Waals surface area contributed by atoms with Crippen molar-refractivity contribution >= 4 is 11.6 Å². The maximum absolute atomic E-state index is 12.5. The third kappa shape index (κ3) is 2.83. The molecule has 0 N–H and O–H groups in total. The van der Waals surface area contributed by atoms with Crippen molar-refractivity contribution in [3.8, 4) is 22.3 Å². The van der Waals surface area contributed by atoms with Crippen molar-refractivity contribution in [1.82, 2.24) is 0 Å². The van der Waals surface area contributed by atoms with Crippen molar-refractivity contribution in [1.29, 1.82) is 0 Å². The molecule has 0 atom stereocenters. The Bertz CT molecular complexity index is 1230. The quantitative estimate of drug-likeness (QED) is 0.653. The molecular formula is C22H19NO. The molecule has 2 heteroatoms. The van der Waals surface area contributed by atoms with Gasteiger partial charge in [-0.1, -0.05) is 60.4 Å². The first-order chi connectivity index (χ1) is 16.0. The second kappa shape index (κ2) is 6.32. The first-order valence-electron chi connectivity index (χ1n) is 12.6. The van der Waals surface area contributed by atoms with Gasteiger partial charge in [0, 0.05) is 18.7 Å². The highest BCUT2D eigenvalue weighted by Crippen LogP contribution is 2.33. The largest absolute Gasteiger partial charge is 0.312 e. The monoisotopic (exact) mass is 323 g/mol. The van der Waals surface area contributed by atoms with E-state index in [1.54, 1.807) is 0 Å². The van der Waals surface area contributed by atoms with Crippen molar-refractivity contribution in [3.05, 3.63) is 78.6 Å². The minimum absolute atomic E-state index is 0.104. The van der Waals surface area contributed by atoms with Crippen LogP contribution in [0.15, 0.2) is 78.6 Å². The van der Waals surface area contributed by atoms with Gasteiger partial charge in [-0.05, 0) is 46.9 Å². The second-order valence-corrected chi connectivity index (χ2v) is 5.42. The Morgan fingerprint density at radius 3 is 1.75 bits per heavy atom. The molecule has 0 spiro atoms. The summed E-state index contributed by atoms with van der Waals surface area (Å²) in [5.41, 5.74) is 0.502. The zero-order chi connectivity index (χ0) is 25.1. The molecule has 1 aliphatic heterocycles. The molecule has 3 aromatic carbocycles. The number of hydrogen-bond acceptors (Lipinski definition) is 1. The van der Waals surface area contributed by atoms with Crippen LogP contribution in [0.1, 0.15) is 26.5 Å². The number of carbonyl (C=O) groups excluding carboxylic acids is 1. The zero-order valence-corrected chi connectivity index (χ0v) is 12.7. The standard InChI is InChI=1S/C22H19NO/c24-22-12-7-13-23(22)21-15-19(17-8-3-1-4-9-17)14-20(16-21)18-10-5-2-6-11-18/h1-6,8-11,14-16H,7,12-13H2/i1D,2D,3D,4D,5D,6D,8D,9D,10D,11D. The molecule has 0 bridgehead atoms. The van der Waals surface area contributed by atoms with Crippen LogP contribution in [0.5, 0.6) is 0 Å². The smallest absolute Gasteiger partial charge is 0.227 e. The average Bonchev–Trinajstić information content (AvgIpc) is 3.25. The number of benzene rings is 3. The van der Waals surface area contributed by atoms with Gasteiger partial charge in [-0.25, -0.2) is 0 Å². The second-order valence-electron chi connectivity index (χ2n) is 5.42. The number of carbonyl (C=O) groups is 1. The highest BCUT2D eigenvalue weighted by Gasteiger charge is 2.22. The number of nitrogens with zero attached hydrogens (tertiary/aromatic N) is 1. The molecule has 4 rings (SSSR count). The SMILES string of the molecule is [2H]c1c([2H])c([2H])c(-c2cc(-c3c([2H])c([2H])c([2H])c([2H])c3[2H])cc(N3CCCC3=O)c2)c([2H])c1[2H]. The summed E-state index contributed by atoms with van der Waals surface area (Å²) < 4.78 is 81.0. The van der Waals surface area contributed by atoms with E-state index in [1.165, 1.54) is 23.1 Å². The molecule has 0 unspecified atom stereocenters. The minimum Gasteiger partial charge on any atom is -0.312 e. The third-order valence-corrected chi connectivity index (χ3v) is 3.88. The average molecular weight is 323 g/mol. The number of amides is 1. The lowest BCUT2D eigenvalue weighted by atomic mass is 9.98. The maximum Gasteiger partial charge on any atom is 0.227 e. The van der Waals surface area contributed by atoms with Gasteiger partial charge >= 0.3 is 0 Å². The molecule has 0 saturated carbocycles. The predicted octanol–water partition coefficient (Wildman–Crippen LogP) is 5.15. The summed E-state index contributed by atoms with van der Waals surface area (Å²) in [6.07, 6.45) is 0.935. The Hall–Kier alpha value is -2.87. The van der Waals surface area contributed by atoms with Gasteiger partial charge < -0.3 is 4.90 Å². The fraction of sp³-hybridized carbons (Fsp3) is 0.136. The summed E-state index contributed by atoms with van der Waals surface area (Å²) in [7, 11) is 0. The molecule has 0 radical (unpaired) electrons. The van der Waals surface area contributed by atoms with Crippen LogP contribution in [-0.4, -0.2) is 12.5 Å². The lowest BCUT2D eigenvalue weighted by Crippen LogP contribution is -2.23. The van der Waals surface area contributed by atoms with E-state index in [2.05, 4.69) is 0 Å². The Kier molecular flexibility index (Phi) is 1.94. The summed E-state index contributed by atoms with van der Waals surface area (Å²) in [6, 6.07) is -0.489. The summed E-state index contributed by atoms with van der Waals surface area (Å²) >= 11 is 0. The van der Waals surface area contributed by atoms with Crippen molar-refractivity contribution in [2.24, 2.45) is 0 Å². The van der Waals surface area contributed by atoms with Gasteiger partial charge in [0.2, 0.25) is 5.91 Å². The predicted molar refractivity (Wildman–Crippen MR) is 98.9 cm³/mol. The van der Waals surface area contributed by atoms with Crippen LogP contribution < -0.4 is 4.90 Å². The van der Waals surface area contributed by atoms with Gasteiger partial charge in [0.05, 0.1) is 13.7 Å². The van der Waals surface area contributed by atoms with Crippen molar-refractivity contribution < 1.29 is 18.5 Å². The number of anilines is 1. The summed E-state index contributed by atoms with van der Waals surface area (Å²) in [5.74, 6) is -0.162. The Balaban J connectivity index is 2.08. The Morgan fingerprint density at radius 2 is 1.29 bits per heavy atom. The van der Waals surface area contributed by atoms with Crippen LogP contribution in [0.25, 0.3) is 22.3 Å². The van der Waals surface area contributed by atoms with E-state index in [0.29, 0.717) is 25.1 Å². The van der Waals surface area contributed by atoms with Gasteiger partial charge in [-0.2, -0.15) is 0 Å². The molecule has 1 heterocycles. The molecule has 1 aliphatic rings. The molecule has 3 aromatic rings. The van der Waals surface area contributed by atoms with Crippen molar-refractivity contribution in [2.45, 2.75) is 12.8 Å². The maximum atomic E-state index is 12.5. The first-order valence-corrected chi connectivity index (χ1v) is 7.55. The fourth-order valence-electron chi connectivity index (χ4n) is 2.77. The van der Waals surface area contributed by atoms with Crippen molar-refractivity contribution in [2.75, 3.05) is 11.4 Å². The molecule has 24 heavy (non-hydrogen) atoms. The molecule has 1 saturated heterocycles. The number of hydrogen-bond donors (Lipinski definition) is 0. The van der Waals surface area contributed by atoms with E-state index < -0.39 is 60.4 Å². The molecule has 2 nitrogen and oxygen atoms in total. The lowest BCUT2D eigenvalue weighted by molar-refractivity contribution is -0.117. The van der Waals surface area contributed by atoms with Crippen LogP contribution in [0.4, 0.5) is 5.69 Å². The van der Waals surface area contributed by atoms with Crippen LogP contribution in [0.2, 0.25) is 0 Å². The normalized spacial score (nSPS) is 20.0. The highest BCUT2D eigenvalue weighted by atomic mass is 16.2. The van der Waals surface area contributed by atoms with Crippen LogP contribution in [-0.2, 0) is 4.79 Å².